The molecule has 0 aliphatic carbocycles. The summed E-state index contributed by atoms with van der Waals surface area (Å²) in [5.74, 6) is -0.477. The number of aryl methyl sites for hydroxylation is 2. The summed E-state index contributed by atoms with van der Waals surface area (Å²) in [4.78, 5) is 23.8. The molecule has 1 aromatic rings. The fourth-order valence-electron chi connectivity index (χ4n) is 2.97. The second kappa shape index (κ2) is 8.63. The molecule has 0 radical (unpaired) electrons. The average molecular weight is 386 g/mol. The standard InChI is InChI=1S/C16H26N4O5S/c1-4-7-17-14(21)10-18-16(22)13-5-8-20(9-6-13)26(23,24)15-11(2)19-25-12(15)3/h13H,4-10H2,1-3H3,(H,17,21)(H,18,22). The van der Waals surface area contributed by atoms with Gasteiger partial charge in [0.15, 0.2) is 5.76 Å². The maximum Gasteiger partial charge on any atom is 0.248 e. The number of piperidine rings is 1. The van der Waals surface area contributed by atoms with Gasteiger partial charge in [-0.15, -0.1) is 0 Å². The molecule has 1 fully saturated rings. The maximum atomic E-state index is 12.8. The summed E-state index contributed by atoms with van der Waals surface area (Å²) in [6, 6.07) is 0. The first-order valence-electron chi connectivity index (χ1n) is 8.74. The number of nitrogens with zero attached hydrogens (tertiary/aromatic N) is 2. The normalized spacial score (nSPS) is 16.4. The van der Waals surface area contributed by atoms with Gasteiger partial charge in [0.1, 0.15) is 10.6 Å². The third-order valence-corrected chi connectivity index (χ3v) is 6.53. The summed E-state index contributed by atoms with van der Waals surface area (Å²) >= 11 is 0. The highest BCUT2D eigenvalue weighted by molar-refractivity contribution is 7.89. The first-order valence-corrected chi connectivity index (χ1v) is 10.2. The molecule has 1 saturated heterocycles. The van der Waals surface area contributed by atoms with Crippen molar-refractivity contribution in [3.63, 3.8) is 0 Å². The Morgan fingerprint density at radius 2 is 1.88 bits per heavy atom. The second-order valence-electron chi connectivity index (χ2n) is 6.40. The fraction of sp³-hybridized carbons (Fsp3) is 0.688. The van der Waals surface area contributed by atoms with Crippen LogP contribution in [-0.4, -0.2) is 55.9 Å². The Labute approximate surface area is 153 Å². The third kappa shape index (κ3) is 4.61. The number of rotatable bonds is 7. The number of sulfonamides is 1. The van der Waals surface area contributed by atoms with Crippen molar-refractivity contribution in [2.75, 3.05) is 26.2 Å². The zero-order chi connectivity index (χ0) is 19.3. The molecule has 2 N–H and O–H groups in total. The number of hydrogen-bond acceptors (Lipinski definition) is 6. The molecule has 0 saturated carbocycles. The topological polar surface area (TPSA) is 122 Å². The first kappa shape index (κ1) is 20.4. The molecule has 0 unspecified atom stereocenters. The number of carbonyl (C=O) groups excluding carboxylic acids is 2. The highest BCUT2D eigenvalue weighted by Gasteiger charge is 2.35. The van der Waals surface area contributed by atoms with Gasteiger partial charge in [-0.1, -0.05) is 12.1 Å². The van der Waals surface area contributed by atoms with Gasteiger partial charge in [-0.3, -0.25) is 9.59 Å². The van der Waals surface area contributed by atoms with Crippen LogP contribution in [0.1, 0.15) is 37.6 Å². The Balaban J connectivity index is 1.89. The molecule has 9 nitrogen and oxygen atoms in total. The van der Waals surface area contributed by atoms with E-state index in [1.165, 1.54) is 4.31 Å². The van der Waals surface area contributed by atoms with Crippen LogP contribution in [0.3, 0.4) is 0 Å². The third-order valence-electron chi connectivity index (χ3n) is 4.39. The van der Waals surface area contributed by atoms with Crippen molar-refractivity contribution in [3.05, 3.63) is 11.5 Å². The molecule has 0 bridgehead atoms. The highest BCUT2D eigenvalue weighted by atomic mass is 32.2. The van der Waals surface area contributed by atoms with Gasteiger partial charge in [0.2, 0.25) is 21.8 Å². The fourth-order valence-corrected chi connectivity index (χ4v) is 4.73. The van der Waals surface area contributed by atoms with Gasteiger partial charge in [0.05, 0.1) is 6.54 Å². The Hall–Kier alpha value is -1.94. The summed E-state index contributed by atoms with van der Waals surface area (Å²) in [5, 5.41) is 9.00. The van der Waals surface area contributed by atoms with E-state index >= 15 is 0 Å². The van der Waals surface area contributed by atoms with Crippen molar-refractivity contribution < 1.29 is 22.5 Å². The van der Waals surface area contributed by atoms with E-state index in [2.05, 4.69) is 15.8 Å². The Morgan fingerprint density at radius 3 is 2.42 bits per heavy atom. The lowest BCUT2D eigenvalue weighted by molar-refractivity contribution is -0.129. The quantitative estimate of drug-likeness (QED) is 0.697. The molecule has 10 heteroatoms. The summed E-state index contributed by atoms with van der Waals surface area (Å²) < 4.78 is 31.8. The molecule has 2 amide bonds. The zero-order valence-corrected chi connectivity index (χ0v) is 16.2. The number of aromatic nitrogens is 1. The monoisotopic (exact) mass is 386 g/mol. The molecule has 1 aliphatic heterocycles. The van der Waals surface area contributed by atoms with Crippen LogP contribution < -0.4 is 10.6 Å². The van der Waals surface area contributed by atoms with E-state index in [0.29, 0.717) is 25.1 Å². The average Bonchev–Trinajstić information content (AvgIpc) is 2.97. The maximum absolute atomic E-state index is 12.8. The molecule has 1 aliphatic rings. The van der Waals surface area contributed by atoms with Crippen LogP contribution in [0, 0.1) is 19.8 Å². The minimum absolute atomic E-state index is 0.0591. The van der Waals surface area contributed by atoms with Crippen LogP contribution in [-0.2, 0) is 19.6 Å². The molecule has 0 atom stereocenters. The van der Waals surface area contributed by atoms with Crippen LogP contribution >= 0.6 is 0 Å². The van der Waals surface area contributed by atoms with E-state index in [1.54, 1.807) is 13.8 Å². The predicted molar refractivity (Wildman–Crippen MR) is 93.8 cm³/mol. The van der Waals surface area contributed by atoms with E-state index in [0.717, 1.165) is 6.42 Å². The number of nitrogens with one attached hydrogen (secondary N) is 2. The van der Waals surface area contributed by atoms with Crippen molar-refractivity contribution in [2.45, 2.75) is 44.9 Å². The van der Waals surface area contributed by atoms with Gasteiger partial charge < -0.3 is 15.2 Å². The molecular weight excluding hydrogens is 360 g/mol. The van der Waals surface area contributed by atoms with Crippen molar-refractivity contribution in [1.82, 2.24) is 20.1 Å². The molecule has 2 heterocycles. The molecular formula is C16H26N4O5S. The van der Waals surface area contributed by atoms with E-state index < -0.39 is 10.0 Å². The SMILES string of the molecule is CCCNC(=O)CNC(=O)C1CCN(S(=O)(=O)c2c(C)noc2C)CC1. The summed E-state index contributed by atoms with van der Waals surface area (Å²) in [6.45, 7) is 6.11. The number of amides is 2. The van der Waals surface area contributed by atoms with Gasteiger partial charge in [-0.05, 0) is 33.1 Å². The smallest absolute Gasteiger partial charge is 0.248 e. The van der Waals surface area contributed by atoms with Gasteiger partial charge in [0, 0.05) is 25.6 Å². The van der Waals surface area contributed by atoms with Crippen molar-refractivity contribution in [2.24, 2.45) is 5.92 Å². The summed E-state index contributed by atoms with van der Waals surface area (Å²) in [7, 11) is -3.68. The van der Waals surface area contributed by atoms with Crippen LogP contribution in [0.15, 0.2) is 9.42 Å². The molecule has 146 valence electrons. The Bertz CT molecular complexity index is 731. The molecule has 1 aromatic heterocycles. The largest absolute Gasteiger partial charge is 0.360 e. The molecule has 26 heavy (non-hydrogen) atoms. The lowest BCUT2D eigenvalue weighted by Crippen LogP contribution is -2.45. The van der Waals surface area contributed by atoms with Crippen molar-refractivity contribution in [1.29, 1.82) is 0 Å². The predicted octanol–water partition coefficient (Wildman–Crippen LogP) is 0.335. The van der Waals surface area contributed by atoms with E-state index in [1.807, 2.05) is 6.92 Å². The second-order valence-corrected chi connectivity index (χ2v) is 8.27. The van der Waals surface area contributed by atoms with Crippen LogP contribution in [0.2, 0.25) is 0 Å². The molecule has 0 spiro atoms. The zero-order valence-electron chi connectivity index (χ0n) is 15.4. The van der Waals surface area contributed by atoms with E-state index in [9.17, 15) is 18.0 Å². The van der Waals surface area contributed by atoms with Crippen molar-refractivity contribution >= 4 is 21.8 Å². The summed E-state index contributed by atoms with van der Waals surface area (Å²) in [6.07, 6.45) is 1.65. The van der Waals surface area contributed by atoms with Crippen LogP contribution in [0.5, 0.6) is 0 Å². The summed E-state index contributed by atoms with van der Waals surface area (Å²) in [5.41, 5.74) is 0.334. The van der Waals surface area contributed by atoms with E-state index in [4.69, 9.17) is 4.52 Å². The highest BCUT2D eigenvalue weighted by Crippen LogP contribution is 2.27. The Morgan fingerprint density at radius 1 is 1.23 bits per heavy atom. The molecule has 2 rings (SSSR count). The van der Waals surface area contributed by atoms with Gasteiger partial charge >= 0.3 is 0 Å². The minimum atomic E-state index is -3.68. The van der Waals surface area contributed by atoms with Crippen molar-refractivity contribution in [3.8, 4) is 0 Å². The van der Waals surface area contributed by atoms with Crippen LogP contribution in [0.25, 0.3) is 0 Å². The van der Waals surface area contributed by atoms with Gasteiger partial charge in [0.25, 0.3) is 0 Å². The number of hydrogen-bond donors (Lipinski definition) is 2. The Kier molecular flexibility index (Phi) is 6.76. The lowest BCUT2D eigenvalue weighted by Gasteiger charge is -2.30. The van der Waals surface area contributed by atoms with E-state index in [-0.39, 0.29) is 48.0 Å². The first-order chi connectivity index (χ1) is 12.3. The van der Waals surface area contributed by atoms with Gasteiger partial charge in [-0.2, -0.15) is 4.31 Å². The van der Waals surface area contributed by atoms with Crippen LogP contribution in [0.4, 0.5) is 0 Å². The van der Waals surface area contributed by atoms with Gasteiger partial charge in [-0.25, -0.2) is 8.42 Å². The number of carbonyl (C=O) groups is 2. The minimum Gasteiger partial charge on any atom is -0.360 e. The lowest BCUT2D eigenvalue weighted by atomic mass is 9.97. The molecule has 0 aromatic carbocycles.